The fourth-order valence-electron chi connectivity index (χ4n) is 4.90. The minimum atomic E-state index is -0.746. The highest BCUT2D eigenvalue weighted by atomic mass is 16.5. The zero-order valence-electron chi connectivity index (χ0n) is 16.1. The predicted octanol–water partition coefficient (Wildman–Crippen LogP) is 0.563. The highest BCUT2D eigenvalue weighted by Gasteiger charge is 2.54. The highest BCUT2D eigenvalue weighted by molar-refractivity contribution is 6.07. The van der Waals surface area contributed by atoms with E-state index >= 15 is 0 Å². The first kappa shape index (κ1) is 18.7. The SMILES string of the molecule is CCN1CCC2(CC1)NC(=O)N([C@@H]1CCCN(C(=O)[C@@H]3CCCO3)C1)C2=O. The number of hydrogen-bond donors (Lipinski definition) is 1. The summed E-state index contributed by atoms with van der Waals surface area (Å²) in [6.07, 6.45) is 4.21. The maximum atomic E-state index is 13.2. The van der Waals surface area contributed by atoms with Crippen LogP contribution in [0.5, 0.6) is 0 Å². The van der Waals surface area contributed by atoms with Crippen LogP contribution < -0.4 is 5.32 Å². The topological polar surface area (TPSA) is 82.2 Å². The monoisotopic (exact) mass is 378 g/mol. The van der Waals surface area contributed by atoms with E-state index in [1.165, 1.54) is 4.90 Å². The van der Waals surface area contributed by atoms with Gasteiger partial charge < -0.3 is 19.9 Å². The lowest BCUT2D eigenvalue weighted by atomic mass is 9.87. The number of likely N-dealkylation sites (tertiary alicyclic amines) is 2. The Morgan fingerprint density at radius 2 is 1.96 bits per heavy atom. The van der Waals surface area contributed by atoms with Crippen molar-refractivity contribution in [3.63, 3.8) is 0 Å². The van der Waals surface area contributed by atoms with E-state index in [0.717, 1.165) is 45.3 Å². The molecule has 0 aromatic carbocycles. The molecule has 0 aliphatic carbocycles. The van der Waals surface area contributed by atoms with Crippen LogP contribution in [0.4, 0.5) is 4.79 Å². The van der Waals surface area contributed by atoms with Gasteiger partial charge in [-0.15, -0.1) is 0 Å². The summed E-state index contributed by atoms with van der Waals surface area (Å²) >= 11 is 0. The lowest BCUT2D eigenvalue weighted by Crippen LogP contribution is -2.56. The van der Waals surface area contributed by atoms with Gasteiger partial charge in [0.25, 0.3) is 11.8 Å². The molecule has 27 heavy (non-hydrogen) atoms. The second-order valence-electron chi connectivity index (χ2n) is 8.20. The minimum Gasteiger partial charge on any atom is -0.368 e. The van der Waals surface area contributed by atoms with Crippen LogP contribution in [-0.2, 0) is 14.3 Å². The van der Waals surface area contributed by atoms with Gasteiger partial charge in [-0.25, -0.2) is 4.79 Å². The third-order valence-corrected chi connectivity index (χ3v) is 6.63. The fourth-order valence-corrected chi connectivity index (χ4v) is 4.90. The molecule has 4 fully saturated rings. The molecule has 0 saturated carbocycles. The van der Waals surface area contributed by atoms with E-state index in [2.05, 4.69) is 17.1 Å². The van der Waals surface area contributed by atoms with Gasteiger partial charge in [0.1, 0.15) is 11.6 Å². The maximum Gasteiger partial charge on any atom is 0.325 e. The molecule has 150 valence electrons. The summed E-state index contributed by atoms with van der Waals surface area (Å²) < 4.78 is 5.53. The zero-order chi connectivity index (χ0) is 19.0. The number of hydrogen-bond acceptors (Lipinski definition) is 5. The van der Waals surface area contributed by atoms with E-state index in [4.69, 9.17) is 4.74 Å². The van der Waals surface area contributed by atoms with E-state index in [1.807, 2.05) is 0 Å². The van der Waals surface area contributed by atoms with Gasteiger partial charge in [-0.2, -0.15) is 0 Å². The van der Waals surface area contributed by atoms with Gasteiger partial charge in [-0.1, -0.05) is 6.92 Å². The summed E-state index contributed by atoms with van der Waals surface area (Å²) in [7, 11) is 0. The summed E-state index contributed by atoms with van der Waals surface area (Å²) in [5, 5.41) is 2.99. The molecule has 0 radical (unpaired) electrons. The molecule has 0 aromatic heterocycles. The minimum absolute atomic E-state index is 0.00946. The number of amides is 4. The molecule has 8 heteroatoms. The predicted molar refractivity (Wildman–Crippen MR) is 98.0 cm³/mol. The second-order valence-corrected chi connectivity index (χ2v) is 8.20. The Bertz CT molecular complexity index is 611. The number of urea groups is 1. The first-order chi connectivity index (χ1) is 13.0. The average molecular weight is 378 g/mol. The molecule has 4 saturated heterocycles. The highest BCUT2D eigenvalue weighted by Crippen LogP contribution is 2.32. The van der Waals surface area contributed by atoms with Crippen molar-refractivity contribution in [3.8, 4) is 0 Å². The molecular formula is C19H30N4O4. The summed E-state index contributed by atoms with van der Waals surface area (Å²) in [6, 6.07) is -0.526. The smallest absolute Gasteiger partial charge is 0.325 e. The van der Waals surface area contributed by atoms with Crippen LogP contribution in [0, 0.1) is 0 Å². The number of rotatable bonds is 3. The molecule has 4 heterocycles. The number of piperidine rings is 2. The summed E-state index contributed by atoms with van der Waals surface area (Å²) in [4.78, 5) is 44.1. The van der Waals surface area contributed by atoms with Crippen LogP contribution in [-0.4, -0.2) is 89.6 Å². The Labute approximate surface area is 160 Å². The molecule has 4 amide bonds. The van der Waals surface area contributed by atoms with E-state index in [0.29, 0.717) is 32.5 Å². The molecule has 8 nitrogen and oxygen atoms in total. The zero-order valence-corrected chi connectivity index (χ0v) is 16.1. The molecule has 4 rings (SSSR count). The number of nitrogens with zero attached hydrogens (tertiary/aromatic N) is 3. The first-order valence-electron chi connectivity index (χ1n) is 10.3. The third kappa shape index (κ3) is 3.33. The van der Waals surface area contributed by atoms with Gasteiger partial charge in [0, 0.05) is 32.8 Å². The summed E-state index contributed by atoms with van der Waals surface area (Å²) in [5.41, 5.74) is -0.746. The number of ether oxygens (including phenoxy) is 1. The molecule has 4 aliphatic rings. The van der Waals surface area contributed by atoms with Gasteiger partial charge >= 0.3 is 6.03 Å². The van der Waals surface area contributed by atoms with Gasteiger partial charge in [0.15, 0.2) is 0 Å². The van der Waals surface area contributed by atoms with Crippen molar-refractivity contribution in [1.82, 2.24) is 20.0 Å². The average Bonchev–Trinajstić information content (AvgIpc) is 3.30. The van der Waals surface area contributed by atoms with Gasteiger partial charge in [-0.3, -0.25) is 14.5 Å². The van der Waals surface area contributed by atoms with Crippen molar-refractivity contribution in [1.29, 1.82) is 0 Å². The van der Waals surface area contributed by atoms with Gasteiger partial charge in [0.2, 0.25) is 0 Å². The lowest BCUT2D eigenvalue weighted by molar-refractivity contribution is -0.145. The Kier molecular flexibility index (Phi) is 5.11. The molecule has 0 bridgehead atoms. The molecule has 1 N–H and O–H groups in total. The van der Waals surface area contributed by atoms with Crippen LogP contribution in [0.25, 0.3) is 0 Å². The largest absolute Gasteiger partial charge is 0.368 e. The van der Waals surface area contributed by atoms with Crippen LogP contribution in [0.3, 0.4) is 0 Å². The van der Waals surface area contributed by atoms with Crippen molar-refractivity contribution in [2.75, 3.05) is 39.3 Å². The van der Waals surface area contributed by atoms with Crippen LogP contribution in [0.15, 0.2) is 0 Å². The van der Waals surface area contributed by atoms with Crippen molar-refractivity contribution in [2.45, 2.75) is 63.1 Å². The second kappa shape index (κ2) is 7.39. The fraction of sp³-hybridized carbons (Fsp3) is 0.842. The number of carbonyl (C=O) groups excluding carboxylic acids is 3. The Balaban J connectivity index is 1.44. The first-order valence-corrected chi connectivity index (χ1v) is 10.3. The normalized spacial score (nSPS) is 31.6. The number of imide groups is 1. The summed E-state index contributed by atoms with van der Waals surface area (Å²) in [6.45, 7) is 6.46. The van der Waals surface area contributed by atoms with Crippen LogP contribution in [0.2, 0.25) is 0 Å². The van der Waals surface area contributed by atoms with Crippen LogP contribution in [0.1, 0.15) is 45.4 Å². The standard InChI is InChI=1S/C19H30N4O4/c1-2-21-10-7-19(8-11-21)17(25)23(18(26)20-19)14-5-3-9-22(13-14)16(24)15-6-4-12-27-15/h14-15H,2-13H2,1H3,(H,20,26)/t14-,15+/m1/s1. The van der Waals surface area contributed by atoms with Crippen molar-refractivity contribution in [3.05, 3.63) is 0 Å². The van der Waals surface area contributed by atoms with Crippen molar-refractivity contribution < 1.29 is 19.1 Å². The molecule has 2 atom stereocenters. The molecule has 1 spiro atoms. The quantitative estimate of drug-likeness (QED) is 0.726. The van der Waals surface area contributed by atoms with E-state index < -0.39 is 5.54 Å². The number of nitrogens with one attached hydrogen (secondary N) is 1. The van der Waals surface area contributed by atoms with E-state index in [-0.39, 0.29) is 30.0 Å². The molecular weight excluding hydrogens is 348 g/mol. The number of carbonyl (C=O) groups is 3. The Morgan fingerprint density at radius 1 is 1.19 bits per heavy atom. The molecule has 4 aliphatic heterocycles. The van der Waals surface area contributed by atoms with Crippen LogP contribution >= 0.6 is 0 Å². The summed E-state index contributed by atoms with van der Waals surface area (Å²) in [5.74, 6) is -0.0881. The Morgan fingerprint density at radius 3 is 2.63 bits per heavy atom. The lowest BCUT2D eigenvalue weighted by Gasteiger charge is -2.39. The van der Waals surface area contributed by atoms with E-state index in [1.54, 1.807) is 4.90 Å². The van der Waals surface area contributed by atoms with Gasteiger partial charge in [-0.05, 0) is 45.1 Å². The Hall–Kier alpha value is -1.67. The molecule has 0 aromatic rings. The van der Waals surface area contributed by atoms with E-state index in [9.17, 15) is 14.4 Å². The molecule has 0 unspecified atom stereocenters. The van der Waals surface area contributed by atoms with Gasteiger partial charge in [0.05, 0.1) is 6.04 Å². The van der Waals surface area contributed by atoms with Crippen molar-refractivity contribution >= 4 is 17.8 Å². The van der Waals surface area contributed by atoms with Crippen molar-refractivity contribution in [2.24, 2.45) is 0 Å². The third-order valence-electron chi connectivity index (χ3n) is 6.63. The maximum absolute atomic E-state index is 13.2.